The van der Waals surface area contributed by atoms with E-state index in [2.05, 4.69) is 240 Å². The molecule has 0 atom stereocenters. The van der Waals surface area contributed by atoms with Crippen molar-refractivity contribution in [3.63, 3.8) is 0 Å². The molecule has 4 aliphatic rings. The van der Waals surface area contributed by atoms with Crippen LogP contribution in [0.15, 0.2) is 270 Å². The van der Waals surface area contributed by atoms with Gasteiger partial charge in [0.2, 0.25) is 0 Å². The summed E-state index contributed by atoms with van der Waals surface area (Å²) in [5, 5.41) is 0. The third kappa shape index (κ3) is 5.15. The van der Waals surface area contributed by atoms with Crippen molar-refractivity contribution >= 4 is 66.7 Å². The van der Waals surface area contributed by atoms with Crippen LogP contribution in [0.3, 0.4) is 0 Å². The summed E-state index contributed by atoms with van der Waals surface area (Å²) in [7, 11) is -4.03. The highest BCUT2D eigenvalue weighted by atomic mass is 32.3. The maximum atomic E-state index is 17.4. The molecule has 0 unspecified atom stereocenters. The third-order valence-corrected chi connectivity index (χ3v) is 20.8. The highest BCUT2D eigenvalue weighted by molar-refractivity contribution is 8.21. The number of rotatable bonds is 4. The van der Waals surface area contributed by atoms with E-state index in [4.69, 9.17) is 0 Å². The second-order valence-electron chi connectivity index (χ2n) is 17.2. The van der Waals surface area contributed by atoms with Gasteiger partial charge in [-0.15, -0.1) is 0 Å². The van der Waals surface area contributed by atoms with Crippen LogP contribution >= 0.6 is 23.5 Å². The van der Waals surface area contributed by atoms with Crippen LogP contribution in [0.4, 0.5) is 34.1 Å². The maximum absolute atomic E-state index is 17.4. The molecule has 3 nitrogen and oxygen atoms in total. The molecule has 1 spiro atoms. The molecule has 10 aromatic carbocycles. The normalized spacial score (nSPS) is 15.5. The summed E-state index contributed by atoms with van der Waals surface area (Å²) >= 11 is 3.64. The predicted molar refractivity (Wildman–Crippen MR) is 273 cm³/mol. The molecular formula is C60H38N2OS3. The Kier molecular flexibility index (Phi) is 8.10. The van der Waals surface area contributed by atoms with Gasteiger partial charge >= 0.3 is 0 Å². The van der Waals surface area contributed by atoms with E-state index in [0.29, 0.717) is 0 Å². The first-order chi connectivity index (χ1) is 32.5. The Bertz CT molecular complexity index is 3410. The summed E-state index contributed by atoms with van der Waals surface area (Å²) in [5.41, 5.74) is 15.5. The highest BCUT2D eigenvalue weighted by Crippen LogP contribution is 2.71. The molecule has 66 heavy (non-hydrogen) atoms. The van der Waals surface area contributed by atoms with Gasteiger partial charge in [-0.3, -0.25) is 4.21 Å². The highest BCUT2D eigenvalue weighted by Gasteiger charge is 2.57. The summed E-state index contributed by atoms with van der Waals surface area (Å²) in [6.45, 7) is 0. The predicted octanol–water partition coefficient (Wildman–Crippen LogP) is 17.2. The Morgan fingerprint density at radius 2 is 0.591 bits per heavy atom. The van der Waals surface area contributed by atoms with Crippen molar-refractivity contribution in [2.45, 2.75) is 39.2 Å². The molecule has 0 aliphatic carbocycles. The number of nitrogens with zero attached hydrogens (tertiary/aromatic N) is 2. The monoisotopic (exact) mass is 898 g/mol. The SMILES string of the molecule is O=S12(c3ccccc3-c3cc(-c4ccc(N5c6ccccc6Sc6ccccc65)cc4)ccc31)c1ccccc1-c1cc(-c3ccc(N4c5ccccc5Sc5ccccc54)cc3)ccc12. The summed E-state index contributed by atoms with van der Waals surface area (Å²) in [6, 6.07) is 82.3. The molecule has 0 N–H and O–H groups in total. The largest absolute Gasteiger partial charge is 0.308 e. The van der Waals surface area contributed by atoms with Gasteiger partial charge in [-0.05, 0) is 154 Å². The zero-order valence-corrected chi connectivity index (χ0v) is 37.9. The molecule has 0 aromatic heterocycles. The topological polar surface area (TPSA) is 23.6 Å². The average Bonchev–Trinajstić information content (AvgIpc) is 3.77. The summed E-state index contributed by atoms with van der Waals surface area (Å²) in [4.78, 5) is 13.2. The van der Waals surface area contributed by atoms with Crippen molar-refractivity contribution in [2.75, 3.05) is 9.80 Å². The van der Waals surface area contributed by atoms with Crippen LogP contribution < -0.4 is 9.80 Å². The lowest BCUT2D eigenvalue weighted by Gasteiger charge is -2.38. The Morgan fingerprint density at radius 1 is 0.288 bits per heavy atom. The lowest BCUT2D eigenvalue weighted by molar-refractivity contribution is 0.658. The van der Waals surface area contributed by atoms with Crippen LogP contribution in [-0.2, 0) is 9.07 Å². The second kappa shape index (κ2) is 14.1. The number of benzene rings is 10. The van der Waals surface area contributed by atoms with Gasteiger partial charge in [-0.2, -0.15) is 0 Å². The summed E-state index contributed by atoms with van der Waals surface area (Å²) in [6.07, 6.45) is 0. The molecule has 0 radical (unpaired) electrons. The number of hydrogen-bond acceptors (Lipinski definition) is 5. The van der Waals surface area contributed by atoms with Crippen molar-refractivity contribution < 1.29 is 4.21 Å². The Morgan fingerprint density at radius 3 is 0.970 bits per heavy atom. The molecule has 0 amide bonds. The van der Waals surface area contributed by atoms with Crippen molar-refractivity contribution in [2.24, 2.45) is 0 Å². The zero-order valence-electron chi connectivity index (χ0n) is 35.5. The first-order valence-electron chi connectivity index (χ1n) is 22.2. The fraction of sp³-hybridized carbons (Fsp3) is 0. The van der Waals surface area contributed by atoms with Gasteiger partial charge in [-0.1, -0.05) is 145 Å². The van der Waals surface area contributed by atoms with Crippen molar-refractivity contribution in [3.8, 4) is 44.5 Å². The Balaban J connectivity index is 0.863. The van der Waals surface area contributed by atoms with Crippen molar-refractivity contribution in [1.29, 1.82) is 0 Å². The molecule has 6 heteroatoms. The van der Waals surface area contributed by atoms with Crippen molar-refractivity contribution in [1.82, 2.24) is 0 Å². The van der Waals surface area contributed by atoms with E-state index < -0.39 is 9.07 Å². The fourth-order valence-electron chi connectivity index (χ4n) is 10.9. The molecule has 4 aliphatic heterocycles. The molecule has 10 aromatic rings. The molecule has 0 fully saturated rings. The first kappa shape index (κ1) is 38.0. The van der Waals surface area contributed by atoms with Crippen molar-refractivity contribution in [3.05, 3.63) is 231 Å². The van der Waals surface area contributed by atoms with Crippen LogP contribution in [0.25, 0.3) is 44.5 Å². The van der Waals surface area contributed by atoms with E-state index >= 15 is 4.21 Å². The third-order valence-electron chi connectivity index (χ3n) is 13.8. The lowest BCUT2D eigenvalue weighted by atomic mass is 9.99. The maximum Gasteiger partial charge on any atom is 0.0601 e. The quantitative estimate of drug-likeness (QED) is 0.175. The van der Waals surface area contributed by atoms with E-state index in [1.807, 2.05) is 23.5 Å². The standard InChI is InChI=1S/C60H38N2OS3/c63-66(57-23-11-1-13-45(57)47-37-41(29-35-59(47)66)39-25-31-43(32-26-39)61-49-15-3-7-19-53(49)64-54-20-8-4-16-50(54)61)58-24-12-2-14-46(58)48-38-42(30-36-60(48)66)40-27-33-44(34-28-40)62-51-17-5-9-21-55(51)65-56-22-10-6-18-52(56)62/h1-38H. The van der Waals surface area contributed by atoms with Gasteiger partial charge in [-0.25, -0.2) is 0 Å². The summed E-state index contributed by atoms with van der Waals surface area (Å²) < 4.78 is 17.4. The molecule has 0 bridgehead atoms. The van der Waals surface area contributed by atoms with Gasteiger partial charge in [0.1, 0.15) is 0 Å². The first-order valence-corrected chi connectivity index (χ1v) is 25.8. The number of anilines is 6. The minimum atomic E-state index is -4.03. The molecule has 4 heterocycles. The number of para-hydroxylation sites is 4. The summed E-state index contributed by atoms with van der Waals surface area (Å²) in [5.74, 6) is 0. The van der Waals surface area contributed by atoms with Crippen LogP contribution in [-0.4, -0.2) is 4.21 Å². The van der Waals surface area contributed by atoms with Crippen LogP contribution in [0.5, 0.6) is 0 Å². The molecule has 14 rings (SSSR count). The van der Waals surface area contributed by atoms with Gasteiger partial charge < -0.3 is 9.80 Å². The molecule has 312 valence electrons. The van der Waals surface area contributed by atoms with Crippen LogP contribution in [0.1, 0.15) is 0 Å². The average molecular weight is 899 g/mol. The minimum Gasteiger partial charge on any atom is -0.308 e. The van der Waals surface area contributed by atoms with E-state index in [9.17, 15) is 0 Å². The van der Waals surface area contributed by atoms with E-state index in [1.165, 1.54) is 42.3 Å². The van der Waals surface area contributed by atoms with E-state index in [0.717, 1.165) is 75.5 Å². The number of fused-ring (bicyclic) bond motifs is 14. The van der Waals surface area contributed by atoms with E-state index in [1.54, 1.807) is 0 Å². The second-order valence-corrected chi connectivity index (χ2v) is 23.0. The molecular weight excluding hydrogens is 861 g/mol. The smallest absolute Gasteiger partial charge is 0.0601 e. The minimum absolute atomic E-state index is 0.885. The Hall–Kier alpha value is -7.35. The van der Waals surface area contributed by atoms with Gasteiger partial charge in [0.25, 0.3) is 0 Å². The van der Waals surface area contributed by atoms with Gasteiger partial charge in [0.05, 0.1) is 22.7 Å². The van der Waals surface area contributed by atoms with Gasteiger partial charge in [0.15, 0.2) is 0 Å². The lowest BCUT2D eigenvalue weighted by Crippen LogP contribution is -2.30. The number of hydrogen-bond donors (Lipinski definition) is 0. The van der Waals surface area contributed by atoms with Crippen LogP contribution in [0.2, 0.25) is 0 Å². The molecule has 0 saturated carbocycles. The van der Waals surface area contributed by atoms with E-state index in [-0.39, 0.29) is 0 Å². The fourth-order valence-corrected chi connectivity index (χ4v) is 18.1. The zero-order chi connectivity index (χ0) is 43.6. The molecule has 0 saturated heterocycles. The van der Waals surface area contributed by atoms with Gasteiger partial charge in [0, 0.05) is 59.6 Å². The Labute approximate surface area is 392 Å². The van der Waals surface area contributed by atoms with Crippen LogP contribution in [0, 0.1) is 0 Å².